The highest BCUT2D eigenvalue weighted by molar-refractivity contribution is 7.98. The Bertz CT molecular complexity index is 866. The molecule has 1 aromatic heterocycles. The van der Waals surface area contributed by atoms with Crippen LogP contribution in [0.1, 0.15) is 20.9 Å². The average Bonchev–Trinajstić information content (AvgIpc) is 3.08. The summed E-state index contributed by atoms with van der Waals surface area (Å²) in [7, 11) is 1.55. The number of anilines is 1. The van der Waals surface area contributed by atoms with E-state index in [2.05, 4.69) is 15.5 Å². The first-order chi connectivity index (χ1) is 12.2. The Labute approximate surface area is 154 Å². The van der Waals surface area contributed by atoms with Crippen molar-refractivity contribution >= 4 is 34.1 Å². The minimum absolute atomic E-state index is 0.257. The molecule has 0 radical (unpaired) electrons. The Morgan fingerprint density at radius 1 is 1.20 bits per heavy atom. The van der Waals surface area contributed by atoms with Crippen molar-refractivity contribution < 1.29 is 9.53 Å². The lowest BCUT2D eigenvalue weighted by atomic mass is 10.2. The molecule has 3 aromatic rings. The Kier molecular flexibility index (Phi) is 5.67. The van der Waals surface area contributed by atoms with Crippen LogP contribution in [0.5, 0.6) is 5.75 Å². The first-order valence-corrected chi connectivity index (χ1v) is 9.63. The maximum atomic E-state index is 12.5. The normalized spacial score (nSPS) is 10.5. The molecule has 5 nitrogen and oxygen atoms in total. The smallest absolute Gasteiger partial charge is 0.261 e. The molecule has 25 heavy (non-hydrogen) atoms. The molecule has 1 amide bonds. The Morgan fingerprint density at radius 2 is 2.00 bits per heavy atom. The topological polar surface area (TPSA) is 64.1 Å². The van der Waals surface area contributed by atoms with Gasteiger partial charge in [-0.05, 0) is 30.0 Å². The summed E-state index contributed by atoms with van der Waals surface area (Å²) < 4.78 is 5.32. The van der Waals surface area contributed by atoms with Crippen LogP contribution >= 0.6 is 23.1 Å². The second-order valence-corrected chi connectivity index (χ2v) is 7.13. The van der Waals surface area contributed by atoms with Crippen LogP contribution in [0, 0.1) is 0 Å². The quantitative estimate of drug-likeness (QED) is 0.661. The van der Waals surface area contributed by atoms with Crippen molar-refractivity contribution in [1.82, 2.24) is 10.2 Å². The maximum Gasteiger partial charge on any atom is 0.261 e. The molecule has 1 heterocycles. The summed E-state index contributed by atoms with van der Waals surface area (Å²) in [5.41, 5.74) is 1.63. The third kappa shape index (κ3) is 4.37. The van der Waals surface area contributed by atoms with E-state index in [1.807, 2.05) is 48.7 Å². The predicted molar refractivity (Wildman–Crippen MR) is 102 cm³/mol. The lowest BCUT2D eigenvalue weighted by Gasteiger charge is -2.09. The SMILES string of the molecule is COc1cc(SC)ccc1C(=O)Nc1nnc(Cc2ccccc2)s1. The van der Waals surface area contributed by atoms with Gasteiger partial charge in [-0.1, -0.05) is 41.7 Å². The van der Waals surface area contributed by atoms with Crippen molar-refractivity contribution in [2.45, 2.75) is 11.3 Å². The van der Waals surface area contributed by atoms with Crippen molar-refractivity contribution in [3.05, 3.63) is 64.7 Å². The number of rotatable bonds is 6. The molecule has 0 aliphatic carbocycles. The fourth-order valence-corrected chi connectivity index (χ4v) is 3.49. The van der Waals surface area contributed by atoms with E-state index in [0.717, 1.165) is 15.5 Å². The molecule has 0 fully saturated rings. The van der Waals surface area contributed by atoms with Crippen LogP contribution in [0.4, 0.5) is 5.13 Å². The van der Waals surface area contributed by atoms with Gasteiger partial charge in [0.2, 0.25) is 5.13 Å². The van der Waals surface area contributed by atoms with Gasteiger partial charge in [0, 0.05) is 11.3 Å². The third-order valence-corrected chi connectivity index (χ3v) is 5.10. The van der Waals surface area contributed by atoms with Gasteiger partial charge in [0.15, 0.2) is 0 Å². The molecule has 0 spiro atoms. The van der Waals surface area contributed by atoms with Gasteiger partial charge in [-0.2, -0.15) is 0 Å². The van der Waals surface area contributed by atoms with Gasteiger partial charge in [0.05, 0.1) is 12.7 Å². The summed E-state index contributed by atoms with van der Waals surface area (Å²) in [6.45, 7) is 0. The maximum absolute atomic E-state index is 12.5. The van der Waals surface area contributed by atoms with Crippen LogP contribution in [-0.2, 0) is 6.42 Å². The zero-order chi connectivity index (χ0) is 17.6. The molecule has 0 bridgehead atoms. The van der Waals surface area contributed by atoms with E-state index in [9.17, 15) is 4.79 Å². The molecule has 0 saturated carbocycles. The zero-order valence-electron chi connectivity index (χ0n) is 13.9. The minimum atomic E-state index is -0.257. The standard InChI is InChI=1S/C18H17N3O2S2/c1-23-15-11-13(24-2)8-9-14(15)17(22)19-18-21-20-16(25-18)10-12-6-4-3-5-7-12/h3-9,11H,10H2,1-2H3,(H,19,21,22). The minimum Gasteiger partial charge on any atom is -0.496 e. The van der Waals surface area contributed by atoms with Gasteiger partial charge in [-0.15, -0.1) is 22.0 Å². The fraction of sp³-hybridized carbons (Fsp3) is 0.167. The summed E-state index contributed by atoms with van der Waals surface area (Å²) in [5, 5.41) is 12.3. The van der Waals surface area contributed by atoms with E-state index in [1.165, 1.54) is 11.3 Å². The van der Waals surface area contributed by atoms with E-state index in [-0.39, 0.29) is 5.91 Å². The number of carbonyl (C=O) groups is 1. The number of amides is 1. The number of aromatic nitrogens is 2. The first kappa shape index (κ1) is 17.4. The van der Waals surface area contributed by atoms with Crippen LogP contribution in [-0.4, -0.2) is 29.5 Å². The molecule has 0 aliphatic heterocycles. The van der Waals surface area contributed by atoms with Gasteiger partial charge in [0.1, 0.15) is 10.8 Å². The lowest BCUT2D eigenvalue weighted by Crippen LogP contribution is -2.13. The van der Waals surface area contributed by atoms with Crippen molar-refractivity contribution in [1.29, 1.82) is 0 Å². The highest BCUT2D eigenvalue weighted by Gasteiger charge is 2.15. The van der Waals surface area contributed by atoms with Crippen LogP contribution in [0.3, 0.4) is 0 Å². The molecule has 3 rings (SSSR count). The molecule has 2 aromatic carbocycles. The molecular weight excluding hydrogens is 354 g/mol. The number of nitrogens with zero attached hydrogens (tertiary/aromatic N) is 2. The van der Waals surface area contributed by atoms with Gasteiger partial charge >= 0.3 is 0 Å². The van der Waals surface area contributed by atoms with Crippen LogP contribution < -0.4 is 10.1 Å². The molecular formula is C18H17N3O2S2. The number of hydrogen-bond donors (Lipinski definition) is 1. The number of methoxy groups -OCH3 is 1. The predicted octanol–water partition coefficient (Wildman–Crippen LogP) is 4.11. The van der Waals surface area contributed by atoms with E-state index in [0.29, 0.717) is 22.9 Å². The molecule has 0 unspecified atom stereocenters. The van der Waals surface area contributed by atoms with Gasteiger partial charge in [-0.25, -0.2) is 0 Å². The summed E-state index contributed by atoms with van der Waals surface area (Å²) in [4.78, 5) is 13.5. The molecule has 0 aliphatic rings. The van der Waals surface area contributed by atoms with Crippen molar-refractivity contribution in [2.75, 3.05) is 18.7 Å². The summed E-state index contributed by atoms with van der Waals surface area (Å²) >= 11 is 2.97. The van der Waals surface area contributed by atoms with Gasteiger partial charge in [-0.3, -0.25) is 10.1 Å². The number of benzene rings is 2. The van der Waals surface area contributed by atoms with E-state index in [1.54, 1.807) is 24.9 Å². The number of nitrogens with one attached hydrogen (secondary N) is 1. The van der Waals surface area contributed by atoms with Crippen LogP contribution in [0.25, 0.3) is 0 Å². The number of ether oxygens (including phenoxy) is 1. The number of thioether (sulfide) groups is 1. The Hall–Kier alpha value is -2.38. The molecule has 7 heteroatoms. The molecule has 0 atom stereocenters. The van der Waals surface area contributed by atoms with Gasteiger partial charge < -0.3 is 4.74 Å². The van der Waals surface area contributed by atoms with Crippen molar-refractivity contribution in [3.8, 4) is 5.75 Å². The largest absolute Gasteiger partial charge is 0.496 e. The monoisotopic (exact) mass is 371 g/mol. The second-order valence-electron chi connectivity index (χ2n) is 5.18. The van der Waals surface area contributed by atoms with Crippen LogP contribution in [0.2, 0.25) is 0 Å². The van der Waals surface area contributed by atoms with Crippen molar-refractivity contribution in [3.63, 3.8) is 0 Å². The average molecular weight is 371 g/mol. The fourth-order valence-electron chi connectivity index (χ4n) is 2.30. The summed E-state index contributed by atoms with van der Waals surface area (Å²) in [5.74, 6) is 0.283. The molecule has 0 saturated heterocycles. The lowest BCUT2D eigenvalue weighted by molar-refractivity contribution is 0.102. The van der Waals surface area contributed by atoms with E-state index < -0.39 is 0 Å². The van der Waals surface area contributed by atoms with E-state index >= 15 is 0 Å². The van der Waals surface area contributed by atoms with Crippen LogP contribution in [0.15, 0.2) is 53.4 Å². The molecule has 128 valence electrons. The molecule has 1 N–H and O–H groups in total. The van der Waals surface area contributed by atoms with E-state index in [4.69, 9.17) is 4.74 Å². The summed E-state index contributed by atoms with van der Waals surface area (Å²) in [6.07, 6.45) is 2.67. The number of carbonyl (C=O) groups excluding carboxylic acids is 1. The zero-order valence-corrected chi connectivity index (χ0v) is 15.5. The number of hydrogen-bond acceptors (Lipinski definition) is 6. The second kappa shape index (κ2) is 8.13. The highest BCUT2D eigenvalue weighted by atomic mass is 32.2. The third-order valence-electron chi connectivity index (χ3n) is 3.54. The van der Waals surface area contributed by atoms with Gasteiger partial charge in [0.25, 0.3) is 5.91 Å². The Balaban J connectivity index is 1.71. The Morgan fingerprint density at radius 3 is 2.72 bits per heavy atom. The highest BCUT2D eigenvalue weighted by Crippen LogP contribution is 2.27. The van der Waals surface area contributed by atoms with Crippen molar-refractivity contribution in [2.24, 2.45) is 0 Å². The first-order valence-electron chi connectivity index (χ1n) is 7.59. The summed E-state index contributed by atoms with van der Waals surface area (Å²) in [6, 6.07) is 15.5.